The number of methoxy groups -OCH3 is 1. The Balaban J connectivity index is 1.61. The monoisotopic (exact) mass is 352 g/mol. The lowest BCUT2D eigenvalue weighted by Gasteiger charge is -2.13. The van der Waals surface area contributed by atoms with Crippen LogP contribution in [0.4, 0.5) is 0 Å². The number of hydrogen-bond acceptors (Lipinski definition) is 5. The molecule has 6 heteroatoms. The lowest BCUT2D eigenvalue weighted by molar-refractivity contribution is -0.140. The van der Waals surface area contributed by atoms with Gasteiger partial charge in [-0.2, -0.15) is 10.1 Å². The molecule has 4 unspecified atom stereocenters. The van der Waals surface area contributed by atoms with Crippen molar-refractivity contribution in [2.24, 2.45) is 28.8 Å². The summed E-state index contributed by atoms with van der Waals surface area (Å²) < 4.78 is 5.18. The minimum absolute atomic E-state index is 0.0510. The Morgan fingerprint density at radius 3 is 2.50 bits per heavy atom. The molecule has 4 rings (SSSR count). The van der Waals surface area contributed by atoms with Crippen molar-refractivity contribution in [2.75, 3.05) is 7.11 Å². The van der Waals surface area contributed by atoms with Crippen molar-refractivity contribution in [2.45, 2.75) is 12.8 Å². The summed E-state index contributed by atoms with van der Waals surface area (Å²) >= 11 is 0. The molecular weight excluding hydrogens is 332 g/mol. The van der Waals surface area contributed by atoms with Gasteiger partial charge in [0.2, 0.25) is 0 Å². The van der Waals surface area contributed by atoms with Crippen LogP contribution in [0.1, 0.15) is 17.5 Å². The highest BCUT2D eigenvalue weighted by molar-refractivity contribution is 6.06. The fraction of sp³-hybridized carbons (Fsp3) is 0.350. The molecule has 26 heavy (non-hydrogen) atoms. The van der Waals surface area contributed by atoms with Gasteiger partial charge in [0.1, 0.15) is 0 Å². The third kappa shape index (κ3) is 2.36. The number of hydrogen-bond donors (Lipinski definition) is 1. The summed E-state index contributed by atoms with van der Waals surface area (Å²) in [5, 5.41) is 15.3. The van der Waals surface area contributed by atoms with E-state index in [0.29, 0.717) is 23.3 Å². The van der Waals surface area contributed by atoms with Crippen molar-refractivity contribution in [3.05, 3.63) is 48.1 Å². The molecule has 4 atom stereocenters. The van der Waals surface area contributed by atoms with Crippen LogP contribution in [0, 0.1) is 23.7 Å². The average Bonchev–Trinajstić information content (AvgIpc) is 3.30. The molecule has 1 saturated carbocycles. The van der Waals surface area contributed by atoms with E-state index in [2.05, 4.69) is 23.8 Å². The fourth-order valence-corrected chi connectivity index (χ4v) is 4.36. The summed E-state index contributed by atoms with van der Waals surface area (Å²) in [6.07, 6.45) is 8.59. The Labute approximate surface area is 151 Å². The summed E-state index contributed by atoms with van der Waals surface area (Å²) in [7, 11) is 1.46. The van der Waals surface area contributed by atoms with Crippen LogP contribution >= 0.6 is 0 Å². The van der Waals surface area contributed by atoms with Crippen LogP contribution in [0.5, 0.6) is 11.5 Å². The zero-order valence-corrected chi connectivity index (χ0v) is 14.5. The first-order chi connectivity index (χ1) is 12.5. The molecule has 2 aliphatic carbocycles. The van der Waals surface area contributed by atoms with Crippen molar-refractivity contribution < 1.29 is 19.4 Å². The number of phenols is 1. The highest BCUT2D eigenvalue weighted by Crippen LogP contribution is 2.52. The number of aromatic hydroxyl groups is 1. The lowest BCUT2D eigenvalue weighted by Crippen LogP contribution is -2.28. The molecule has 1 saturated heterocycles. The molecule has 134 valence electrons. The van der Waals surface area contributed by atoms with Crippen molar-refractivity contribution in [3.63, 3.8) is 0 Å². The molecule has 0 radical (unpaired) electrons. The van der Waals surface area contributed by atoms with E-state index >= 15 is 0 Å². The Bertz CT molecular complexity index is 828. The van der Waals surface area contributed by atoms with Crippen LogP contribution in [-0.2, 0) is 16.0 Å². The van der Waals surface area contributed by atoms with E-state index in [1.165, 1.54) is 13.3 Å². The lowest BCUT2D eigenvalue weighted by atomic mass is 9.85. The minimum atomic E-state index is -0.264. The number of rotatable bonds is 5. The van der Waals surface area contributed by atoms with Crippen molar-refractivity contribution in [1.82, 2.24) is 5.01 Å². The molecule has 0 spiro atoms. The van der Waals surface area contributed by atoms with E-state index in [9.17, 15) is 14.7 Å². The Morgan fingerprint density at radius 2 is 1.92 bits per heavy atom. The number of nitrogens with zero attached hydrogens (tertiary/aromatic N) is 2. The van der Waals surface area contributed by atoms with E-state index in [-0.39, 0.29) is 41.2 Å². The SMILES string of the molecule is C=CCc1cc(/C=N/N2C(=O)C3C4C=CC(C4)C3C2=O)cc(OC)c1O. The number of benzene rings is 1. The quantitative estimate of drug-likeness (QED) is 0.501. The highest BCUT2D eigenvalue weighted by atomic mass is 16.5. The predicted octanol–water partition coefficient (Wildman–Crippen LogP) is 2.27. The number of amides is 2. The number of imide groups is 1. The zero-order valence-electron chi connectivity index (χ0n) is 14.5. The van der Waals surface area contributed by atoms with E-state index in [4.69, 9.17) is 4.74 Å². The molecular formula is C20H20N2O4. The fourth-order valence-electron chi connectivity index (χ4n) is 4.36. The second-order valence-electron chi connectivity index (χ2n) is 6.96. The number of fused-ring (bicyclic) bond motifs is 5. The smallest absolute Gasteiger partial charge is 0.254 e. The Kier molecular flexibility index (Phi) is 3.90. The standard InChI is InChI=1S/C20H20N2O4/c1-3-4-14-7-11(8-15(26-2)18(14)23)10-21-22-19(24)16-12-5-6-13(9-12)17(16)20(22)25/h3,5-8,10,12-13,16-17,23H,1,4,9H2,2H3/b21-10+. The van der Waals surface area contributed by atoms with Crippen molar-refractivity contribution in [3.8, 4) is 11.5 Å². The van der Waals surface area contributed by atoms with Crippen LogP contribution in [0.2, 0.25) is 0 Å². The summed E-state index contributed by atoms with van der Waals surface area (Å²) in [4.78, 5) is 25.3. The maximum atomic E-state index is 12.6. The molecule has 1 aliphatic heterocycles. The molecule has 1 aromatic rings. The van der Waals surface area contributed by atoms with Crippen molar-refractivity contribution >= 4 is 18.0 Å². The van der Waals surface area contributed by atoms with Gasteiger partial charge in [-0.15, -0.1) is 6.58 Å². The largest absolute Gasteiger partial charge is 0.504 e. The third-order valence-electron chi connectivity index (χ3n) is 5.53. The molecule has 1 aromatic carbocycles. The summed E-state index contributed by atoms with van der Waals surface area (Å²) in [5.74, 6) is -0.278. The molecule has 2 amide bonds. The molecule has 6 nitrogen and oxygen atoms in total. The van der Waals surface area contributed by atoms with Gasteiger partial charge >= 0.3 is 0 Å². The van der Waals surface area contributed by atoms with Gasteiger partial charge < -0.3 is 9.84 Å². The molecule has 3 aliphatic rings. The van der Waals surface area contributed by atoms with Gasteiger partial charge in [-0.1, -0.05) is 18.2 Å². The first-order valence-electron chi connectivity index (χ1n) is 8.66. The van der Waals surface area contributed by atoms with Crippen LogP contribution in [0.25, 0.3) is 0 Å². The van der Waals surface area contributed by atoms with Gasteiger partial charge in [0, 0.05) is 5.56 Å². The number of allylic oxidation sites excluding steroid dienone is 3. The zero-order chi connectivity index (χ0) is 18.4. The van der Waals surface area contributed by atoms with Gasteiger partial charge in [-0.05, 0) is 42.4 Å². The second kappa shape index (κ2) is 6.12. The predicted molar refractivity (Wildman–Crippen MR) is 95.7 cm³/mol. The number of phenolic OH excluding ortho intramolecular Hbond substituents is 1. The third-order valence-corrected chi connectivity index (χ3v) is 5.53. The second-order valence-corrected chi connectivity index (χ2v) is 6.96. The van der Waals surface area contributed by atoms with Gasteiger partial charge in [0.15, 0.2) is 11.5 Å². The number of carbonyl (C=O) groups excluding carboxylic acids is 2. The van der Waals surface area contributed by atoms with Crippen LogP contribution in [0.3, 0.4) is 0 Å². The van der Waals surface area contributed by atoms with Gasteiger partial charge in [0.25, 0.3) is 11.8 Å². The maximum Gasteiger partial charge on any atom is 0.254 e. The molecule has 0 aromatic heterocycles. The van der Waals surface area contributed by atoms with E-state index in [1.54, 1.807) is 18.2 Å². The molecule has 1 N–H and O–H groups in total. The summed E-state index contributed by atoms with van der Waals surface area (Å²) in [6, 6.07) is 3.35. The van der Waals surface area contributed by atoms with Gasteiger partial charge in [0.05, 0.1) is 25.2 Å². The van der Waals surface area contributed by atoms with E-state index in [1.807, 2.05) is 0 Å². The number of ether oxygens (including phenoxy) is 1. The maximum absolute atomic E-state index is 12.6. The number of carbonyl (C=O) groups is 2. The Morgan fingerprint density at radius 1 is 1.27 bits per heavy atom. The van der Waals surface area contributed by atoms with E-state index in [0.717, 1.165) is 11.4 Å². The van der Waals surface area contributed by atoms with Gasteiger partial charge in [-0.25, -0.2) is 0 Å². The number of hydrazone groups is 1. The van der Waals surface area contributed by atoms with Crippen LogP contribution in [0.15, 0.2) is 42.0 Å². The first-order valence-corrected chi connectivity index (χ1v) is 8.66. The summed E-state index contributed by atoms with van der Waals surface area (Å²) in [5.41, 5.74) is 1.27. The summed E-state index contributed by atoms with van der Waals surface area (Å²) in [6.45, 7) is 3.67. The first kappa shape index (κ1) is 16.6. The Hall–Kier alpha value is -2.89. The van der Waals surface area contributed by atoms with Crippen LogP contribution in [-0.4, -0.2) is 35.3 Å². The van der Waals surface area contributed by atoms with Crippen molar-refractivity contribution in [1.29, 1.82) is 0 Å². The molecule has 1 heterocycles. The van der Waals surface area contributed by atoms with Crippen LogP contribution < -0.4 is 4.74 Å². The van der Waals surface area contributed by atoms with E-state index < -0.39 is 0 Å². The highest BCUT2D eigenvalue weighted by Gasteiger charge is 2.59. The average molecular weight is 352 g/mol. The molecule has 2 bridgehead atoms. The van der Waals surface area contributed by atoms with Gasteiger partial charge in [-0.3, -0.25) is 9.59 Å². The minimum Gasteiger partial charge on any atom is -0.504 e. The molecule has 2 fully saturated rings. The topological polar surface area (TPSA) is 79.2 Å². The normalized spacial score (nSPS) is 29.0.